The summed E-state index contributed by atoms with van der Waals surface area (Å²) in [6.07, 6.45) is 11.1. The number of hydrogen-bond donors (Lipinski definition) is 1. The standard InChI is InChI=1S/C17H35NO/c1-4-7-8-15-9-11-16(12-10-15)17(18-6-3)14-19-13-5-2/h15-18H,4-14H2,1-3H3. The summed E-state index contributed by atoms with van der Waals surface area (Å²) in [6, 6.07) is 0.587. The van der Waals surface area contributed by atoms with Gasteiger partial charge in [-0.15, -0.1) is 0 Å². The van der Waals surface area contributed by atoms with Crippen LogP contribution in [0.5, 0.6) is 0 Å². The van der Waals surface area contributed by atoms with Crippen molar-refractivity contribution in [2.45, 2.75) is 78.2 Å². The molecule has 0 aromatic rings. The highest BCUT2D eigenvalue weighted by atomic mass is 16.5. The summed E-state index contributed by atoms with van der Waals surface area (Å²) in [7, 11) is 0. The zero-order valence-corrected chi connectivity index (χ0v) is 13.4. The SMILES string of the molecule is CCCCC1CCC(C(COCCC)NCC)CC1. The van der Waals surface area contributed by atoms with Crippen molar-refractivity contribution < 1.29 is 4.74 Å². The first-order valence-electron chi connectivity index (χ1n) is 8.62. The van der Waals surface area contributed by atoms with E-state index in [1.54, 1.807) is 0 Å². The molecule has 0 amide bonds. The monoisotopic (exact) mass is 269 g/mol. The normalized spacial score (nSPS) is 25.4. The van der Waals surface area contributed by atoms with Crippen LogP contribution in [0.25, 0.3) is 0 Å². The van der Waals surface area contributed by atoms with Crippen LogP contribution in [0.2, 0.25) is 0 Å². The summed E-state index contributed by atoms with van der Waals surface area (Å²) in [4.78, 5) is 0. The molecule has 2 heteroatoms. The van der Waals surface area contributed by atoms with Crippen LogP contribution in [-0.2, 0) is 4.74 Å². The smallest absolute Gasteiger partial charge is 0.0622 e. The quantitative estimate of drug-likeness (QED) is 0.594. The summed E-state index contributed by atoms with van der Waals surface area (Å²) in [6.45, 7) is 9.58. The molecular weight excluding hydrogens is 234 g/mol. The van der Waals surface area contributed by atoms with E-state index in [1.807, 2.05) is 0 Å². The Bertz CT molecular complexity index is 199. The first kappa shape index (κ1) is 17.0. The van der Waals surface area contributed by atoms with Crippen molar-refractivity contribution in [3.63, 3.8) is 0 Å². The van der Waals surface area contributed by atoms with Crippen LogP contribution in [-0.4, -0.2) is 25.8 Å². The van der Waals surface area contributed by atoms with Gasteiger partial charge in [-0.3, -0.25) is 0 Å². The average Bonchev–Trinajstić information content (AvgIpc) is 2.45. The van der Waals surface area contributed by atoms with Crippen LogP contribution in [0, 0.1) is 11.8 Å². The highest BCUT2D eigenvalue weighted by Gasteiger charge is 2.26. The Hall–Kier alpha value is -0.0800. The zero-order chi connectivity index (χ0) is 13.9. The van der Waals surface area contributed by atoms with Gasteiger partial charge in [0, 0.05) is 12.6 Å². The minimum absolute atomic E-state index is 0.587. The lowest BCUT2D eigenvalue weighted by molar-refractivity contribution is 0.0798. The Morgan fingerprint density at radius 3 is 2.37 bits per heavy atom. The summed E-state index contributed by atoms with van der Waals surface area (Å²) >= 11 is 0. The molecule has 0 bridgehead atoms. The molecule has 0 radical (unpaired) electrons. The van der Waals surface area contributed by atoms with E-state index >= 15 is 0 Å². The minimum Gasteiger partial charge on any atom is -0.380 e. The maximum Gasteiger partial charge on any atom is 0.0622 e. The molecule has 1 unspecified atom stereocenters. The van der Waals surface area contributed by atoms with Gasteiger partial charge in [0.25, 0.3) is 0 Å². The van der Waals surface area contributed by atoms with Crippen molar-refractivity contribution in [3.05, 3.63) is 0 Å². The van der Waals surface area contributed by atoms with Crippen molar-refractivity contribution in [2.24, 2.45) is 11.8 Å². The van der Waals surface area contributed by atoms with E-state index < -0.39 is 0 Å². The van der Waals surface area contributed by atoms with E-state index in [-0.39, 0.29) is 0 Å². The number of nitrogens with one attached hydrogen (secondary N) is 1. The maximum atomic E-state index is 5.78. The van der Waals surface area contributed by atoms with Crippen LogP contribution in [0.15, 0.2) is 0 Å². The van der Waals surface area contributed by atoms with E-state index in [4.69, 9.17) is 4.74 Å². The van der Waals surface area contributed by atoms with E-state index in [2.05, 4.69) is 26.1 Å². The molecule has 114 valence electrons. The Morgan fingerprint density at radius 2 is 1.79 bits per heavy atom. The van der Waals surface area contributed by atoms with Crippen LogP contribution in [0.4, 0.5) is 0 Å². The van der Waals surface area contributed by atoms with Gasteiger partial charge in [0.15, 0.2) is 0 Å². The molecule has 0 saturated heterocycles. The van der Waals surface area contributed by atoms with E-state index in [0.29, 0.717) is 6.04 Å². The van der Waals surface area contributed by atoms with Crippen LogP contribution in [0.1, 0.15) is 72.1 Å². The second-order valence-corrected chi connectivity index (χ2v) is 6.16. The fraction of sp³-hybridized carbons (Fsp3) is 1.00. The third-order valence-corrected chi connectivity index (χ3v) is 4.54. The lowest BCUT2D eigenvalue weighted by Crippen LogP contribution is -2.41. The Labute approximate surface area is 120 Å². The minimum atomic E-state index is 0.587. The summed E-state index contributed by atoms with van der Waals surface area (Å²) in [5.41, 5.74) is 0. The molecule has 2 nitrogen and oxygen atoms in total. The van der Waals surface area contributed by atoms with Crippen molar-refractivity contribution in [1.29, 1.82) is 0 Å². The molecule has 19 heavy (non-hydrogen) atoms. The molecule has 1 rings (SSSR count). The molecule has 0 aliphatic heterocycles. The molecule has 1 fully saturated rings. The van der Waals surface area contributed by atoms with Gasteiger partial charge in [-0.2, -0.15) is 0 Å². The van der Waals surface area contributed by atoms with Gasteiger partial charge in [-0.1, -0.05) is 52.9 Å². The average molecular weight is 269 g/mol. The Morgan fingerprint density at radius 1 is 1.05 bits per heavy atom. The van der Waals surface area contributed by atoms with Crippen molar-refractivity contribution in [1.82, 2.24) is 5.32 Å². The lowest BCUT2D eigenvalue weighted by Gasteiger charge is -2.34. The van der Waals surface area contributed by atoms with E-state index in [0.717, 1.165) is 38.0 Å². The Kier molecular flexibility index (Phi) is 9.54. The number of rotatable bonds is 10. The van der Waals surface area contributed by atoms with Crippen LogP contribution in [0.3, 0.4) is 0 Å². The van der Waals surface area contributed by atoms with Crippen molar-refractivity contribution >= 4 is 0 Å². The van der Waals surface area contributed by atoms with Gasteiger partial charge in [0.1, 0.15) is 0 Å². The van der Waals surface area contributed by atoms with Gasteiger partial charge in [-0.25, -0.2) is 0 Å². The number of likely N-dealkylation sites (N-methyl/N-ethyl adjacent to an activating group) is 1. The Balaban J connectivity index is 2.27. The third kappa shape index (κ3) is 6.76. The van der Waals surface area contributed by atoms with E-state index in [1.165, 1.54) is 44.9 Å². The summed E-state index contributed by atoms with van der Waals surface area (Å²) in [5.74, 6) is 1.85. The van der Waals surface area contributed by atoms with Gasteiger partial charge < -0.3 is 10.1 Å². The second kappa shape index (κ2) is 10.7. The molecular formula is C17H35NO. The van der Waals surface area contributed by atoms with Crippen molar-refractivity contribution in [2.75, 3.05) is 19.8 Å². The summed E-state index contributed by atoms with van der Waals surface area (Å²) < 4.78 is 5.78. The van der Waals surface area contributed by atoms with Gasteiger partial charge in [0.2, 0.25) is 0 Å². The predicted molar refractivity (Wildman–Crippen MR) is 83.5 cm³/mol. The molecule has 0 aromatic heterocycles. The molecule has 1 saturated carbocycles. The van der Waals surface area contributed by atoms with Gasteiger partial charge >= 0.3 is 0 Å². The first-order valence-corrected chi connectivity index (χ1v) is 8.62. The highest BCUT2D eigenvalue weighted by molar-refractivity contribution is 4.81. The van der Waals surface area contributed by atoms with Crippen molar-refractivity contribution in [3.8, 4) is 0 Å². The predicted octanol–water partition coefficient (Wildman–Crippen LogP) is 4.39. The van der Waals surface area contributed by atoms with Crippen LogP contribution < -0.4 is 5.32 Å². The fourth-order valence-electron chi connectivity index (χ4n) is 3.35. The molecule has 0 spiro atoms. The molecule has 1 aliphatic rings. The number of ether oxygens (including phenoxy) is 1. The third-order valence-electron chi connectivity index (χ3n) is 4.54. The van der Waals surface area contributed by atoms with Gasteiger partial charge in [0.05, 0.1) is 6.61 Å². The molecule has 1 N–H and O–H groups in total. The van der Waals surface area contributed by atoms with E-state index in [9.17, 15) is 0 Å². The lowest BCUT2D eigenvalue weighted by atomic mass is 9.77. The summed E-state index contributed by atoms with van der Waals surface area (Å²) in [5, 5.41) is 3.64. The number of hydrogen-bond acceptors (Lipinski definition) is 2. The molecule has 0 aromatic carbocycles. The number of unbranched alkanes of at least 4 members (excludes halogenated alkanes) is 1. The molecule has 1 aliphatic carbocycles. The molecule has 1 atom stereocenters. The maximum absolute atomic E-state index is 5.78. The first-order chi connectivity index (χ1) is 9.31. The van der Waals surface area contributed by atoms with Gasteiger partial charge in [-0.05, 0) is 37.6 Å². The molecule has 0 heterocycles. The fourth-order valence-corrected chi connectivity index (χ4v) is 3.35. The topological polar surface area (TPSA) is 21.3 Å². The largest absolute Gasteiger partial charge is 0.380 e. The zero-order valence-electron chi connectivity index (χ0n) is 13.4. The van der Waals surface area contributed by atoms with Crippen LogP contribution >= 0.6 is 0 Å². The second-order valence-electron chi connectivity index (χ2n) is 6.16. The highest BCUT2D eigenvalue weighted by Crippen LogP contribution is 2.33.